The van der Waals surface area contributed by atoms with E-state index >= 15 is 0 Å². The van der Waals surface area contributed by atoms with E-state index in [1.165, 1.54) is 69.5 Å². The maximum Gasteiger partial charge on any atom is -0.00196 e. The zero-order valence-electron chi connectivity index (χ0n) is 15.0. The van der Waals surface area contributed by atoms with Gasteiger partial charge < -0.3 is 0 Å². The molecule has 0 nitrogen and oxygen atoms in total. The Labute approximate surface area is 154 Å². The molecule has 0 aliphatic heterocycles. The SMILES string of the molecule is c1ccc2cc3c(cc2c1)Cc1cc2cc4c(cc2cc1C3)CCCC4. The van der Waals surface area contributed by atoms with E-state index in [1.54, 1.807) is 11.1 Å². The van der Waals surface area contributed by atoms with Crippen molar-refractivity contribution in [1.29, 1.82) is 0 Å². The smallest absolute Gasteiger partial charge is 0.00196 e. The van der Waals surface area contributed by atoms with Gasteiger partial charge in [-0.3, -0.25) is 0 Å². The second-order valence-corrected chi connectivity index (χ2v) is 8.12. The fourth-order valence-corrected chi connectivity index (χ4v) is 5.04. The zero-order chi connectivity index (χ0) is 17.1. The monoisotopic (exact) mass is 334 g/mol. The molecule has 0 heteroatoms. The van der Waals surface area contributed by atoms with Gasteiger partial charge in [0, 0.05) is 0 Å². The highest BCUT2D eigenvalue weighted by atomic mass is 14.2. The summed E-state index contributed by atoms with van der Waals surface area (Å²) >= 11 is 0. The molecular weight excluding hydrogens is 312 g/mol. The van der Waals surface area contributed by atoms with Crippen LogP contribution in [0.1, 0.15) is 46.2 Å². The summed E-state index contributed by atoms with van der Waals surface area (Å²) in [6.45, 7) is 0. The molecule has 0 spiro atoms. The van der Waals surface area contributed by atoms with Crippen LogP contribution in [0.2, 0.25) is 0 Å². The Kier molecular flexibility index (Phi) is 3.05. The van der Waals surface area contributed by atoms with E-state index < -0.39 is 0 Å². The van der Waals surface area contributed by atoms with Crippen LogP contribution in [0, 0.1) is 0 Å². The molecule has 6 rings (SSSR count). The summed E-state index contributed by atoms with van der Waals surface area (Å²) in [6.07, 6.45) is 7.37. The number of hydrogen-bond donors (Lipinski definition) is 0. The van der Waals surface area contributed by atoms with Crippen molar-refractivity contribution in [2.75, 3.05) is 0 Å². The fourth-order valence-electron chi connectivity index (χ4n) is 5.04. The Morgan fingerprint density at radius 2 is 0.808 bits per heavy atom. The number of aryl methyl sites for hydroxylation is 2. The van der Waals surface area contributed by atoms with Crippen LogP contribution < -0.4 is 0 Å². The van der Waals surface area contributed by atoms with Crippen molar-refractivity contribution in [2.24, 2.45) is 0 Å². The zero-order valence-corrected chi connectivity index (χ0v) is 15.0. The van der Waals surface area contributed by atoms with Crippen LogP contribution in [-0.4, -0.2) is 0 Å². The van der Waals surface area contributed by atoms with E-state index in [9.17, 15) is 0 Å². The molecule has 0 saturated heterocycles. The van der Waals surface area contributed by atoms with E-state index in [4.69, 9.17) is 0 Å². The molecule has 0 fully saturated rings. The highest BCUT2D eigenvalue weighted by molar-refractivity contribution is 5.88. The number of hydrogen-bond acceptors (Lipinski definition) is 0. The summed E-state index contributed by atoms with van der Waals surface area (Å²) in [4.78, 5) is 0. The second-order valence-electron chi connectivity index (χ2n) is 8.12. The van der Waals surface area contributed by atoms with Gasteiger partial charge >= 0.3 is 0 Å². The van der Waals surface area contributed by atoms with Crippen LogP contribution in [0.15, 0.2) is 60.7 Å². The van der Waals surface area contributed by atoms with Crippen LogP contribution in [0.25, 0.3) is 21.5 Å². The van der Waals surface area contributed by atoms with Crippen LogP contribution >= 0.6 is 0 Å². The highest BCUT2D eigenvalue weighted by Gasteiger charge is 2.18. The molecule has 0 aromatic heterocycles. The largest absolute Gasteiger partial charge is 0.0616 e. The predicted octanol–water partition coefficient (Wildman–Crippen LogP) is 6.37. The van der Waals surface area contributed by atoms with E-state index in [0.717, 1.165) is 12.8 Å². The van der Waals surface area contributed by atoms with Crippen LogP contribution in [-0.2, 0) is 25.7 Å². The summed E-state index contributed by atoms with van der Waals surface area (Å²) in [6, 6.07) is 23.4. The van der Waals surface area contributed by atoms with E-state index in [1.807, 2.05) is 0 Å². The minimum absolute atomic E-state index is 1.07. The molecule has 2 aliphatic carbocycles. The molecule has 126 valence electrons. The first kappa shape index (κ1) is 14.6. The van der Waals surface area contributed by atoms with E-state index in [2.05, 4.69) is 60.7 Å². The van der Waals surface area contributed by atoms with E-state index in [-0.39, 0.29) is 0 Å². The molecule has 4 aromatic carbocycles. The van der Waals surface area contributed by atoms with Gasteiger partial charge in [0.1, 0.15) is 0 Å². The predicted molar refractivity (Wildman–Crippen MR) is 110 cm³/mol. The first-order valence-electron chi connectivity index (χ1n) is 9.91. The molecule has 26 heavy (non-hydrogen) atoms. The average molecular weight is 334 g/mol. The molecule has 0 radical (unpaired) electrons. The first-order valence-corrected chi connectivity index (χ1v) is 9.91. The van der Waals surface area contributed by atoms with Gasteiger partial charge in [0.15, 0.2) is 0 Å². The molecule has 0 N–H and O–H groups in total. The van der Waals surface area contributed by atoms with Gasteiger partial charge in [0.2, 0.25) is 0 Å². The Hall–Kier alpha value is -2.60. The number of rotatable bonds is 0. The number of benzene rings is 4. The van der Waals surface area contributed by atoms with Gasteiger partial charge in [-0.05, 0) is 93.5 Å². The quantitative estimate of drug-likeness (QED) is 0.309. The lowest BCUT2D eigenvalue weighted by Crippen LogP contribution is -2.08. The lowest BCUT2D eigenvalue weighted by molar-refractivity contribution is 0.687. The lowest BCUT2D eigenvalue weighted by atomic mass is 9.82. The Morgan fingerprint density at radius 1 is 0.423 bits per heavy atom. The van der Waals surface area contributed by atoms with Gasteiger partial charge in [0.05, 0.1) is 0 Å². The van der Waals surface area contributed by atoms with Gasteiger partial charge in [-0.1, -0.05) is 60.7 Å². The Balaban J connectivity index is 1.50. The summed E-state index contributed by atoms with van der Waals surface area (Å²) in [5, 5.41) is 5.61. The van der Waals surface area contributed by atoms with Crippen molar-refractivity contribution < 1.29 is 0 Å². The lowest BCUT2D eigenvalue weighted by Gasteiger charge is -2.23. The molecule has 2 aliphatic rings. The van der Waals surface area contributed by atoms with Gasteiger partial charge in [-0.15, -0.1) is 0 Å². The first-order chi connectivity index (χ1) is 12.8. The summed E-state index contributed by atoms with van der Waals surface area (Å²) in [5.74, 6) is 0. The minimum Gasteiger partial charge on any atom is -0.0616 e. The standard InChI is InChI=1S/C26H22/c1-2-6-18-10-22-14-26-16-24-12-20-8-4-3-7-19(20)11-23(24)15-25(26)13-21(22)9-17(18)5-1/h1-2,5-6,9-12,15-16H,3-4,7-8,13-14H2. The second kappa shape index (κ2) is 5.45. The summed E-state index contributed by atoms with van der Waals surface area (Å²) < 4.78 is 0. The maximum absolute atomic E-state index is 2.47. The van der Waals surface area contributed by atoms with Crippen LogP contribution in [0.5, 0.6) is 0 Å². The third kappa shape index (κ3) is 2.22. The molecule has 0 bridgehead atoms. The van der Waals surface area contributed by atoms with Crippen molar-refractivity contribution in [1.82, 2.24) is 0 Å². The summed E-state index contributed by atoms with van der Waals surface area (Å²) in [5.41, 5.74) is 9.24. The molecule has 0 unspecified atom stereocenters. The minimum atomic E-state index is 1.07. The third-order valence-corrected chi connectivity index (χ3v) is 6.45. The van der Waals surface area contributed by atoms with Gasteiger partial charge in [-0.25, -0.2) is 0 Å². The van der Waals surface area contributed by atoms with Gasteiger partial charge in [-0.2, -0.15) is 0 Å². The molecule has 0 heterocycles. The molecule has 0 atom stereocenters. The number of fused-ring (bicyclic) bond motifs is 5. The maximum atomic E-state index is 2.47. The van der Waals surface area contributed by atoms with Crippen LogP contribution in [0.3, 0.4) is 0 Å². The van der Waals surface area contributed by atoms with Crippen molar-refractivity contribution >= 4 is 21.5 Å². The average Bonchev–Trinajstić information content (AvgIpc) is 2.67. The topological polar surface area (TPSA) is 0 Å². The van der Waals surface area contributed by atoms with Crippen molar-refractivity contribution in [2.45, 2.75) is 38.5 Å². The third-order valence-electron chi connectivity index (χ3n) is 6.45. The Bertz CT molecular complexity index is 1090. The van der Waals surface area contributed by atoms with Gasteiger partial charge in [0.25, 0.3) is 0 Å². The Morgan fingerprint density at radius 3 is 1.27 bits per heavy atom. The normalized spacial score (nSPS) is 15.5. The van der Waals surface area contributed by atoms with Crippen molar-refractivity contribution in [3.8, 4) is 0 Å². The molecule has 0 saturated carbocycles. The summed E-state index contributed by atoms with van der Waals surface area (Å²) in [7, 11) is 0. The fraction of sp³-hybridized carbons (Fsp3) is 0.231. The van der Waals surface area contributed by atoms with Crippen molar-refractivity contribution in [3.63, 3.8) is 0 Å². The van der Waals surface area contributed by atoms with Crippen molar-refractivity contribution in [3.05, 3.63) is 94.0 Å². The highest BCUT2D eigenvalue weighted by Crippen LogP contribution is 2.34. The molecular formula is C26H22. The van der Waals surface area contributed by atoms with Crippen LogP contribution in [0.4, 0.5) is 0 Å². The molecule has 4 aromatic rings. The molecule has 0 amide bonds. The van der Waals surface area contributed by atoms with E-state index in [0.29, 0.717) is 0 Å².